The van der Waals surface area contributed by atoms with Gasteiger partial charge in [0.25, 0.3) is 0 Å². The molecule has 2 aromatic rings. The normalized spacial score (nSPS) is 10.4. The first-order chi connectivity index (χ1) is 8.69. The average molecular weight is 375 g/mol. The van der Waals surface area contributed by atoms with Crippen LogP contribution in [0.1, 0.15) is 11.3 Å². The van der Waals surface area contributed by atoms with Gasteiger partial charge < -0.3 is 4.74 Å². The summed E-state index contributed by atoms with van der Waals surface area (Å²) >= 11 is 6.58. The van der Waals surface area contributed by atoms with Gasteiger partial charge in [0.05, 0.1) is 5.69 Å². The summed E-state index contributed by atoms with van der Waals surface area (Å²) in [6, 6.07) is 8.61. The van der Waals surface area contributed by atoms with Gasteiger partial charge in [-0.1, -0.05) is 22.0 Å². The maximum atomic E-state index is 13.6. The largest absolute Gasteiger partial charge is 0.484 e. The summed E-state index contributed by atoms with van der Waals surface area (Å²) in [4.78, 5) is 4.15. The van der Waals surface area contributed by atoms with Crippen LogP contribution in [0.25, 0.3) is 0 Å². The fourth-order valence-corrected chi connectivity index (χ4v) is 1.97. The van der Waals surface area contributed by atoms with E-state index in [4.69, 9.17) is 4.74 Å². The molecule has 1 heterocycles. The van der Waals surface area contributed by atoms with E-state index in [1.807, 2.05) is 18.2 Å². The Morgan fingerprint density at radius 3 is 2.67 bits per heavy atom. The average Bonchev–Trinajstić information content (AvgIpc) is 2.39. The molecule has 1 aromatic heterocycles. The van der Waals surface area contributed by atoms with Crippen LogP contribution in [0.15, 0.2) is 41.0 Å². The van der Waals surface area contributed by atoms with Gasteiger partial charge in [-0.05, 0) is 45.8 Å². The Balaban J connectivity index is 2.04. The number of halogens is 3. The van der Waals surface area contributed by atoms with Crippen molar-refractivity contribution in [3.8, 4) is 5.75 Å². The van der Waals surface area contributed by atoms with Crippen molar-refractivity contribution in [2.45, 2.75) is 11.9 Å². The highest BCUT2D eigenvalue weighted by Crippen LogP contribution is 2.20. The molecule has 0 aliphatic carbocycles. The molecule has 0 aliphatic rings. The third-order valence-corrected chi connectivity index (χ3v) is 3.43. The topological polar surface area (TPSA) is 22.1 Å². The van der Waals surface area contributed by atoms with Crippen LogP contribution < -0.4 is 4.74 Å². The van der Waals surface area contributed by atoms with Gasteiger partial charge in [-0.25, -0.2) is 4.39 Å². The zero-order chi connectivity index (χ0) is 13.0. The number of aromatic nitrogens is 1. The highest BCUT2D eigenvalue weighted by atomic mass is 79.9. The Kier molecular flexibility index (Phi) is 4.72. The van der Waals surface area contributed by atoms with Gasteiger partial charge in [0.2, 0.25) is 0 Å². The van der Waals surface area contributed by atoms with Gasteiger partial charge in [0, 0.05) is 16.0 Å². The number of nitrogens with zero attached hydrogens (tertiary/aromatic N) is 1. The second-order valence-electron chi connectivity index (χ2n) is 3.65. The van der Waals surface area contributed by atoms with Gasteiger partial charge in [0.15, 0.2) is 11.6 Å². The van der Waals surface area contributed by atoms with E-state index >= 15 is 0 Å². The zero-order valence-corrected chi connectivity index (χ0v) is 12.5. The minimum atomic E-state index is -0.357. The number of benzene rings is 1. The van der Waals surface area contributed by atoms with E-state index in [0.29, 0.717) is 5.33 Å². The molecule has 1 aromatic carbocycles. The number of ether oxygens (including phenoxy) is 1. The molecular weight excluding hydrogens is 365 g/mol. The van der Waals surface area contributed by atoms with E-state index in [0.717, 1.165) is 15.7 Å². The van der Waals surface area contributed by atoms with Crippen molar-refractivity contribution in [2.75, 3.05) is 0 Å². The van der Waals surface area contributed by atoms with Gasteiger partial charge in [-0.3, -0.25) is 4.98 Å². The second kappa shape index (κ2) is 6.29. The smallest absolute Gasteiger partial charge is 0.165 e. The van der Waals surface area contributed by atoms with Crippen LogP contribution in [0.2, 0.25) is 0 Å². The lowest BCUT2D eigenvalue weighted by atomic mass is 10.2. The van der Waals surface area contributed by atoms with Crippen molar-refractivity contribution < 1.29 is 9.13 Å². The molecule has 0 spiro atoms. The van der Waals surface area contributed by atoms with E-state index in [1.54, 1.807) is 12.3 Å². The number of pyridine rings is 1. The summed E-state index contributed by atoms with van der Waals surface area (Å²) in [5.41, 5.74) is 1.63. The third-order valence-electron chi connectivity index (χ3n) is 2.31. The van der Waals surface area contributed by atoms with Crippen LogP contribution >= 0.6 is 31.9 Å². The maximum Gasteiger partial charge on any atom is 0.165 e. The first-order valence-electron chi connectivity index (χ1n) is 5.26. The highest BCUT2D eigenvalue weighted by Gasteiger charge is 2.05. The fraction of sp³-hybridized carbons (Fsp3) is 0.154. The lowest BCUT2D eigenvalue weighted by Gasteiger charge is -2.07. The number of hydrogen-bond donors (Lipinski definition) is 0. The zero-order valence-electron chi connectivity index (χ0n) is 9.37. The van der Waals surface area contributed by atoms with E-state index in [9.17, 15) is 4.39 Å². The van der Waals surface area contributed by atoms with Crippen LogP contribution in [0, 0.1) is 5.82 Å². The molecule has 0 unspecified atom stereocenters. The molecular formula is C13H10Br2FNO. The highest BCUT2D eigenvalue weighted by molar-refractivity contribution is 9.10. The SMILES string of the molecule is Fc1cc(CBr)ccc1OCc1ccc(Br)cn1. The minimum Gasteiger partial charge on any atom is -0.484 e. The van der Waals surface area contributed by atoms with Crippen LogP contribution in [0.3, 0.4) is 0 Å². The number of rotatable bonds is 4. The van der Waals surface area contributed by atoms with Crippen LogP contribution in [0.5, 0.6) is 5.75 Å². The van der Waals surface area contributed by atoms with E-state index in [-0.39, 0.29) is 18.2 Å². The van der Waals surface area contributed by atoms with Crippen LogP contribution in [-0.4, -0.2) is 4.98 Å². The second-order valence-corrected chi connectivity index (χ2v) is 5.13. The monoisotopic (exact) mass is 373 g/mol. The van der Waals surface area contributed by atoms with Gasteiger partial charge in [-0.2, -0.15) is 0 Å². The Morgan fingerprint density at radius 2 is 2.06 bits per heavy atom. The molecule has 2 rings (SSSR count). The molecule has 18 heavy (non-hydrogen) atoms. The molecule has 2 nitrogen and oxygen atoms in total. The summed E-state index contributed by atoms with van der Waals surface area (Å²) in [6.07, 6.45) is 1.68. The minimum absolute atomic E-state index is 0.240. The molecule has 0 amide bonds. The van der Waals surface area contributed by atoms with Crippen LogP contribution in [0.4, 0.5) is 4.39 Å². The van der Waals surface area contributed by atoms with Crippen molar-refractivity contribution in [2.24, 2.45) is 0 Å². The molecule has 0 atom stereocenters. The molecule has 94 valence electrons. The quantitative estimate of drug-likeness (QED) is 0.737. The molecule has 0 fully saturated rings. The summed E-state index contributed by atoms with van der Waals surface area (Å²) < 4.78 is 19.9. The first kappa shape index (κ1) is 13.5. The van der Waals surface area contributed by atoms with Gasteiger partial charge >= 0.3 is 0 Å². The van der Waals surface area contributed by atoms with E-state index < -0.39 is 0 Å². The van der Waals surface area contributed by atoms with Gasteiger partial charge in [0.1, 0.15) is 6.61 Å². The summed E-state index contributed by atoms with van der Waals surface area (Å²) in [6.45, 7) is 0.248. The molecule has 0 saturated heterocycles. The predicted octanol–water partition coefficient (Wildman–Crippen LogP) is 4.46. The predicted molar refractivity (Wildman–Crippen MR) is 75.3 cm³/mol. The lowest BCUT2D eigenvalue weighted by Crippen LogP contribution is -1.99. The van der Waals surface area contributed by atoms with Crippen molar-refractivity contribution >= 4 is 31.9 Å². The van der Waals surface area contributed by atoms with Crippen molar-refractivity contribution in [3.05, 3.63) is 58.1 Å². The summed E-state index contributed by atoms with van der Waals surface area (Å²) in [5.74, 6) is -0.117. The Morgan fingerprint density at radius 1 is 1.22 bits per heavy atom. The molecule has 0 radical (unpaired) electrons. The Bertz CT molecular complexity index is 531. The van der Waals surface area contributed by atoms with E-state index in [1.165, 1.54) is 6.07 Å². The van der Waals surface area contributed by atoms with Crippen molar-refractivity contribution in [1.29, 1.82) is 0 Å². The first-order valence-corrected chi connectivity index (χ1v) is 7.18. The molecule has 0 saturated carbocycles. The fourth-order valence-electron chi connectivity index (χ4n) is 1.39. The molecule has 0 aliphatic heterocycles. The molecule has 0 bridgehead atoms. The summed E-state index contributed by atoms with van der Waals surface area (Å²) in [7, 11) is 0. The number of alkyl halides is 1. The molecule has 0 N–H and O–H groups in total. The van der Waals surface area contributed by atoms with Crippen LogP contribution in [-0.2, 0) is 11.9 Å². The van der Waals surface area contributed by atoms with Crippen molar-refractivity contribution in [1.82, 2.24) is 4.98 Å². The van der Waals surface area contributed by atoms with Crippen molar-refractivity contribution in [3.63, 3.8) is 0 Å². The molecule has 5 heteroatoms. The summed E-state index contributed by atoms with van der Waals surface area (Å²) in [5, 5.41) is 0.623. The van der Waals surface area contributed by atoms with Gasteiger partial charge in [-0.15, -0.1) is 0 Å². The Labute approximate surface area is 121 Å². The standard InChI is InChI=1S/C13H10Br2FNO/c14-6-9-1-4-13(12(16)5-9)18-8-11-3-2-10(15)7-17-11/h1-5,7H,6,8H2. The Hall–Kier alpha value is -0.940. The maximum absolute atomic E-state index is 13.6. The lowest BCUT2D eigenvalue weighted by molar-refractivity contribution is 0.286. The number of hydrogen-bond acceptors (Lipinski definition) is 2. The third kappa shape index (κ3) is 3.53. The van der Waals surface area contributed by atoms with E-state index in [2.05, 4.69) is 36.8 Å².